The number of carbonyl (C=O) groups is 1. The van der Waals surface area contributed by atoms with Gasteiger partial charge in [-0.15, -0.1) is 0 Å². The Labute approximate surface area is 191 Å². The molecule has 0 unspecified atom stereocenters. The second kappa shape index (κ2) is 10.4. The molecule has 0 aliphatic heterocycles. The SMILES string of the molecule is COC(=O)c1cc(Br)cn1-c1cc(Br)ccc1C#N.N#Cc1ccc(Br)cc1F. The van der Waals surface area contributed by atoms with Crippen molar-refractivity contribution in [3.63, 3.8) is 0 Å². The van der Waals surface area contributed by atoms with Gasteiger partial charge in [0.2, 0.25) is 0 Å². The third-order valence-corrected chi connectivity index (χ3v) is 4.99. The van der Waals surface area contributed by atoms with Crippen LogP contribution in [0.25, 0.3) is 5.69 Å². The standard InChI is InChI=1S/C13H8Br2N2O2.C7H3BrFN/c1-19-13(18)12-5-10(15)7-17(12)11-4-9(14)3-2-8(11)6-16;8-6-2-1-5(4-10)7(9)3-6/h2-5,7H,1H3;1-3H. The van der Waals surface area contributed by atoms with Crippen LogP contribution in [0, 0.1) is 28.5 Å². The molecule has 1 heterocycles. The molecule has 0 aliphatic rings. The second-order valence-electron chi connectivity index (χ2n) is 5.41. The van der Waals surface area contributed by atoms with Crippen molar-refractivity contribution in [3.8, 4) is 17.8 Å². The Hall–Kier alpha value is -2.46. The highest BCUT2D eigenvalue weighted by molar-refractivity contribution is 9.11. The van der Waals surface area contributed by atoms with E-state index in [9.17, 15) is 9.18 Å². The summed E-state index contributed by atoms with van der Waals surface area (Å²) in [5.74, 6) is -0.952. The monoisotopic (exact) mass is 581 g/mol. The summed E-state index contributed by atoms with van der Waals surface area (Å²) in [6, 6.07) is 15.0. The molecule has 146 valence electrons. The highest BCUT2D eigenvalue weighted by Crippen LogP contribution is 2.25. The molecule has 0 N–H and O–H groups in total. The first-order valence-corrected chi connectivity index (χ1v) is 10.2. The zero-order chi connectivity index (χ0) is 21.6. The maximum absolute atomic E-state index is 12.6. The lowest BCUT2D eigenvalue weighted by atomic mass is 10.2. The summed E-state index contributed by atoms with van der Waals surface area (Å²) >= 11 is 9.75. The summed E-state index contributed by atoms with van der Waals surface area (Å²) in [5.41, 5.74) is 1.51. The molecule has 0 atom stereocenters. The molecule has 0 fully saturated rings. The first-order valence-electron chi connectivity index (χ1n) is 7.82. The first-order chi connectivity index (χ1) is 13.8. The normalized spacial score (nSPS) is 9.62. The van der Waals surface area contributed by atoms with Crippen LogP contribution >= 0.6 is 47.8 Å². The smallest absolute Gasteiger partial charge is 0.355 e. The Balaban J connectivity index is 0.000000253. The van der Waals surface area contributed by atoms with E-state index in [2.05, 4.69) is 53.9 Å². The van der Waals surface area contributed by atoms with Crippen molar-refractivity contribution in [2.75, 3.05) is 7.11 Å². The highest BCUT2D eigenvalue weighted by atomic mass is 79.9. The molecule has 0 radical (unpaired) electrons. The lowest BCUT2D eigenvalue weighted by molar-refractivity contribution is 0.0591. The summed E-state index contributed by atoms with van der Waals surface area (Å²) in [7, 11) is 1.32. The number of hydrogen-bond donors (Lipinski definition) is 0. The van der Waals surface area contributed by atoms with Gasteiger partial charge < -0.3 is 9.30 Å². The Morgan fingerprint density at radius 1 is 0.966 bits per heavy atom. The molecular formula is C20H11Br3FN3O2. The fourth-order valence-electron chi connectivity index (χ4n) is 2.27. The number of ether oxygens (including phenoxy) is 1. The Kier molecular flexibility index (Phi) is 8.15. The van der Waals surface area contributed by atoms with E-state index in [-0.39, 0.29) is 5.56 Å². The maximum Gasteiger partial charge on any atom is 0.355 e. The van der Waals surface area contributed by atoms with E-state index < -0.39 is 11.8 Å². The molecule has 1 aromatic heterocycles. The Bertz CT molecular complexity index is 1150. The molecule has 29 heavy (non-hydrogen) atoms. The van der Waals surface area contributed by atoms with Gasteiger partial charge in [0.25, 0.3) is 0 Å². The van der Waals surface area contributed by atoms with Crippen LogP contribution in [0.3, 0.4) is 0 Å². The number of nitriles is 2. The van der Waals surface area contributed by atoms with E-state index in [0.717, 1.165) is 8.95 Å². The van der Waals surface area contributed by atoms with Crippen LogP contribution in [0.4, 0.5) is 4.39 Å². The summed E-state index contributed by atoms with van der Waals surface area (Å²) in [5, 5.41) is 17.5. The van der Waals surface area contributed by atoms with Crippen molar-refractivity contribution < 1.29 is 13.9 Å². The fraction of sp³-hybridized carbons (Fsp3) is 0.0500. The number of methoxy groups -OCH3 is 1. The quantitative estimate of drug-likeness (QED) is 0.341. The van der Waals surface area contributed by atoms with Gasteiger partial charge in [0.15, 0.2) is 0 Å². The zero-order valence-electron chi connectivity index (χ0n) is 14.8. The van der Waals surface area contributed by atoms with E-state index in [1.807, 2.05) is 0 Å². The molecular weight excluding hydrogens is 573 g/mol. The second-order valence-corrected chi connectivity index (χ2v) is 8.16. The minimum Gasteiger partial charge on any atom is -0.464 e. The van der Waals surface area contributed by atoms with E-state index >= 15 is 0 Å². The van der Waals surface area contributed by atoms with Crippen LogP contribution in [0.15, 0.2) is 62.1 Å². The van der Waals surface area contributed by atoms with Crippen LogP contribution in [-0.4, -0.2) is 17.6 Å². The van der Waals surface area contributed by atoms with Crippen molar-refractivity contribution in [2.24, 2.45) is 0 Å². The molecule has 0 bridgehead atoms. The molecule has 0 saturated heterocycles. The topological polar surface area (TPSA) is 78.8 Å². The van der Waals surface area contributed by atoms with Gasteiger partial charge >= 0.3 is 5.97 Å². The van der Waals surface area contributed by atoms with Gasteiger partial charge in [-0.1, -0.05) is 31.9 Å². The zero-order valence-corrected chi connectivity index (χ0v) is 19.5. The third-order valence-electron chi connectivity index (χ3n) is 3.57. The lowest BCUT2D eigenvalue weighted by Gasteiger charge is -2.09. The lowest BCUT2D eigenvalue weighted by Crippen LogP contribution is -2.09. The molecule has 9 heteroatoms. The summed E-state index contributed by atoms with van der Waals surface area (Å²) in [4.78, 5) is 11.7. The first kappa shape index (κ1) is 22.8. The van der Waals surface area contributed by atoms with Gasteiger partial charge in [-0.3, -0.25) is 0 Å². The molecule has 0 aliphatic carbocycles. The van der Waals surface area contributed by atoms with E-state index in [0.29, 0.717) is 21.4 Å². The molecule has 5 nitrogen and oxygen atoms in total. The van der Waals surface area contributed by atoms with Crippen LogP contribution in [0.1, 0.15) is 21.6 Å². The number of nitrogens with zero attached hydrogens (tertiary/aromatic N) is 3. The van der Waals surface area contributed by atoms with Crippen molar-refractivity contribution >= 4 is 53.8 Å². The molecule has 0 spiro atoms. The Morgan fingerprint density at radius 2 is 1.55 bits per heavy atom. The van der Waals surface area contributed by atoms with Crippen molar-refractivity contribution in [1.82, 2.24) is 4.57 Å². The summed E-state index contributed by atoms with van der Waals surface area (Å²) in [6.07, 6.45) is 1.72. The van der Waals surface area contributed by atoms with Gasteiger partial charge in [-0.05, 0) is 58.4 Å². The summed E-state index contributed by atoms with van der Waals surface area (Å²) < 4.78 is 21.2. The van der Waals surface area contributed by atoms with Crippen LogP contribution in [0.2, 0.25) is 0 Å². The highest BCUT2D eigenvalue weighted by Gasteiger charge is 2.17. The van der Waals surface area contributed by atoms with Crippen LogP contribution < -0.4 is 0 Å². The molecule has 3 aromatic rings. The maximum atomic E-state index is 12.6. The van der Waals surface area contributed by atoms with Gasteiger partial charge in [0.05, 0.1) is 23.9 Å². The molecule has 2 aromatic carbocycles. The number of hydrogen-bond acceptors (Lipinski definition) is 4. The van der Waals surface area contributed by atoms with Crippen LogP contribution in [0.5, 0.6) is 0 Å². The number of benzene rings is 2. The number of halogens is 4. The predicted octanol–water partition coefficient (Wildman–Crippen LogP) is 6.12. The molecule has 0 amide bonds. The van der Waals surface area contributed by atoms with Gasteiger partial charge in [-0.2, -0.15) is 10.5 Å². The Morgan fingerprint density at radius 3 is 2.10 bits per heavy atom. The average Bonchev–Trinajstić information content (AvgIpc) is 3.09. The number of esters is 1. The van der Waals surface area contributed by atoms with Crippen LogP contribution in [-0.2, 0) is 4.74 Å². The van der Waals surface area contributed by atoms with Gasteiger partial charge in [-0.25, -0.2) is 9.18 Å². The fourth-order valence-corrected chi connectivity index (χ4v) is 3.37. The van der Waals surface area contributed by atoms with Gasteiger partial charge in [0.1, 0.15) is 23.6 Å². The van der Waals surface area contributed by atoms with Gasteiger partial charge in [0, 0.05) is 19.6 Å². The minimum absolute atomic E-state index is 0.0724. The third kappa shape index (κ3) is 5.77. The van der Waals surface area contributed by atoms with Crippen molar-refractivity contribution in [2.45, 2.75) is 0 Å². The van der Waals surface area contributed by atoms with E-state index in [1.54, 1.807) is 47.2 Å². The molecule has 0 saturated carbocycles. The largest absolute Gasteiger partial charge is 0.464 e. The van der Waals surface area contributed by atoms with E-state index in [1.165, 1.54) is 19.2 Å². The predicted molar refractivity (Wildman–Crippen MR) is 116 cm³/mol. The number of carbonyl (C=O) groups excluding carboxylic acids is 1. The minimum atomic E-state index is -0.489. The van der Waals surface area contributed by atoms with Crippen molar-refractivity contribution in [1.29, 1.82) is 10.5 Å². The molecule has 3 rings (SSSR count). The van der Waals surface area contributed by atoms with E-state index in [4.69, 9.17) is 15.3 Å². The number of aromatic nitrogens is 1. The number of rotatable bonds is 2. The average molecular weight is 584 g/mol. The van der Waals surface area contributed by atoms with Crippen molar-refractivity contribution in [3.05, 3.63) is 84.7 Å². The summed E-state index contributed by atoms with van der Waals surface area (Å²) in [6.45, 7) is 0.